The van der Waals surface area contributed by atoms with Gasteiger partial charge in [-0.3, -0.25) is 14.7 Å². The molecule has 1 fully saturated rings. The molecule has 0 unspecified atom stereocenters. The van der Waals surface area contributed by atoms with Crippen LogP contribution in [0.3, 0.4) is 0 Å². The molecule has 1 aromatic carbocycles. The summed E-state index contributed by atoms with van der Waals surface area (Å²) in [5, 5.41) is 4.37. The highest BCUT2D eigenvalue weighted by Crippen LogP contribution is 2.20. The minimum atomic E-state index is -0.121. The smallest absolute Gasteiger partial charge is 0.250 e. The molecule has 3 aromatic rings. The van der Waals surface area contributed by atoms with Crippen LogP contribution in [0.15, 0.2) is 53.6 Å². The standard InChI is InChI=1S/C22H26N4O/c1-16-7-10-26(11-8-16)15-18-4-2-17(3-5-18)13-24-20-12-22(27)25-21-14-23-9-6-19(20)21/h2-6,9,12,14,16H,7-8,10-11,13,15H2,1H3,(H2,24,25,27). The molecule has 0 saturated carbocycles. The highest BCUT2D eigenvalue weighted by Gasteiger charge is 2.15. The van der Waals surface area contributed by atoms with Crippen LogP contribution in [-0.2, 0) is 13.1 Å². The summed E-state index contributed by atoms with van der Waals surface area (Å²) < 4.78 is 0. The second-order valence-electron chi connectivity index (χ2n) is 7.60. The van der Waals surface area contributed by atoms with Gasteiger partial charge in [0.15, 0.2) is 0 Å². The average molecular weight is 362 g/mol. The van der Waals surface area contributed by atoms with Gasteiger partial charge in [-0.25, -0.2) is 0 Å². The SMILES string of the molecule is CC1CCN(Cc2ccc(CNc3cc(=O)[nH]c4cnccc34)cc2)CC1. The number of nitrogens with zero attached hydrogens (tertiary/aromatic N) is 2. The fraction of sp³-hybridized carbons (Fsp3) is 0.364. The fourth-order valence-electron chi connectivity index (χ4n) is 3.69. The van der Waals surface area contributed by atoms with Crippen molar-refractivity contribution in [2.75, 3.05) is 18.4 Å². The number of hydrogen-bond donors (Lipinski definition) is 2. The van der Waals surface area contributed by atoms with Gasteiger partial charge < -0.3 is 10.3 Å². The van der Waals surface area contributed by atoms with Crippen molar-refractivity contribution >= 4 is 16.6 Å². The molecule has 0 atom stereocenters. The van der Waals surface area contributed by atoms with Crippen molar-refractivity contribution in [1.82, 2.24) is 14.9 Å². The largest absolute Gasteiger partial charge is 0.380 e. The lowest BCUT2D eigenvalue weighted by atomic mass is 9.99. The summed E-state index contributed by atoms with van der Waals surface area (Å²) in [4.78, 5) is 21.3. The molecule has 3 heterocycles. The number of likely N-dealkylation sites (tertiary alicyclic amines) is 1. The number of H-pyrrole nitrogens is 1. The summed E-state index contributed by atoms with van der Waals surface area (Å²) in [6.07, 6.45) is 6.03. The highest BCUT2D eigenvalue weighted by atomic mass is 16.1. The molecule has 0 radical (unpaired) electrons. The first-order chi connectivity index (χ1) is 13.2. The molecule has 1 saturated heterocycles. The Morgan fingerprint density at radius 3 is 2.67 bits per heavy atom. The second-order valence-corrected chi connectivity index (χ2v) is 7.60. The number of benzene rings is 1. The Kier molecular flexibility index (Phi) is 5.21. The predicted octanol–water partition coefficient (Wildman–Crippen LogP) is 3.77. The molecule has 0 amide bonds. The highest BCUT2D eigenvalue weighted by molar-refractivity contribution is 5.90. The van der Waals surface area contributed by atoms with Gasteiger partial charge in [-0.2, -0.15) is 0 Å². The van der Waals surface area contributed by atoms with Crippen molar-refractivity contribution in [3.8, 4) is 0 Å². The van der Waals surface area contributed by atoms with Crippen molar-refractivity contribution in [1.29, 1.82) is 0 Å². The number of aromatic amines is 1. The quantitative estimate of drug-likeness (QED) is 0.725. The van der Waals surface area contributed by atoms with Crippen molar-refractivity contribution < 1.29 is 0 Å². The van der Waals surface area contributed by atoms with Gasteiger partial charge in [0.25, 0.3) is 5.56 Å². The molecule has 4 rings (SSSR count). The predicted molar refractivity (Wildman–Crippen MR) is 110 cm³/mol. The summed E-state index contributed by atoms with van der Waals surface area (Å²) >= 11 is 0. The Morgan fingerprint density at radius 2 is 1.89 bits per heavy atom. The summed E-state index contributed by atoms with van der Waals surface area (Å²) in [6.45, 7) is 6.47. The number of pyridine rings is 2. The van der Waals surface area contributed by atoms with Gasteiger partial charge in [-0.05, 0) is 49.0 Å². The van der Waals surface area contributed by atoms with Crippen LogP contribution in [-0.4, -0.2) is 28.0 Å². The van der Waals surface area contributed by atoms with E-state index in [4.69, 9.17) is 0 Å². The summed E-state index contributed by atoms with van der Waals surface area (Å²) in [7, 11) is 0. The first kappa shape index (κ1) is 17.7. The van der Waals surface area contributed by atoms with Crippen LogP contribution in [0.4, 0.5) is 5.69 Å². The van der Waals surface area contributed by atoms with Crippen LogP contribution in [0.25, 0.3) is 10.9 Å². The minimum Gasteiger partial charge on any atom is -0.380 e. The number of nitrogens with one attached hydrogen (secondary N) is 2. The lowest BCUT2D eigenvalue weighted by Crippen LogP contribution is -2.32. The molecule has 5 heteroatoms. The van der Waals surface area contributed by atoms with E-state index < -0.39 is 0 Å². The van der Waals surface area contributed by atoms with Gasteiger partial charge in [0.1, 0.15) is 0 Å². The molecular weight excluding hydrogens is 336 g/mol. The first-order valence-corrected chi connectivity index (χ1v) is 9.68. The van der Waals surface area contributed by atoms with E-state index in [-0.39, 0.29) is 5.56 Å². The molecule has 2 N–H and O–H groups in total. The summed E-state index contributed by atoms with van der Waals surface area (Å²) in [6, 6.07) is 12.3. The van der Waals surface area contributed by atoms with Gasteiger partial charge in [0.2, 0.25) is 0 Å². The van der Waals surface area contributed by atoms with E-state index in [9.17, 15) is 4.79 Å². The molecule has 5 nitrogen and oxygen atoms in total. The Hall–Kier alpha value is -2.66. The van der Waals surface area contributed by atoms with Gasteiger partial charge in [0.05, 0.1) is 11.7 Å². The Morgan fingerprint density at radius 1 is 1.15 bits per heavy atom. The van der Waals surface area contributed by atoms with Crippen LogP contribution in [0, 0.1) is 5.92 Å². The summed E-state index contributed by atoms with van der Waals surface area (Å²) in [5.41, 5.74) is 4.03. The molecule has 0 aliphatic carbocycles. The molecule has 140 valence electrons. The van der Waals surface area contributed by atoms with Crippen molar-refractivity contribution in [3.05, 3.63) is 70.3 Å². The van der Waals surface area contributed by atoms with Crippen LogP contribution < -0.4 is 10.9 Å². The van der Waals surface area contributed by atoms with Crippen LogP contribution in [0.2, 0.25) is 0 Å². The van der Waals surface area contributed by atoms with Crippen LogP contribution in [0.1, 0.15) is 30.9 Å². The van der Waals surface area contributed by atoms with Crippen molar-refractivity contribution in [2.45, 2.75) is 32.9 Å². The van der Waals surface area contributed by atoms with Crippen molar-refractivity contribution in [3.63, 3.8) is 0 Å². The Labute approximate surface area is 159 Å². The van der Waals surface area contributed by atoms with Crippen LogP contribution in [0.5, 0.6) is 0 Å². The Balaban J connectivity index is 1.40. The van der Waals surface area contributed by atoms with Crippen LogP contribution >= 0.6 is 0 Å². The lowest BCUT2D eigenvalue weighted by Gasteiger charge is -2.30. The Bertz CT molecular complexity index is 956. The molecule has 1 aliphatic heterocycles. The number of rotatable bonds is 5. The normalized spacial score (nSPS) is 15.9. The number of hydrogen-bond acceptors (Lipinski definition) is 4. The third-order valence-corrected chi connectivity index (χ3v) is 5.43. The van der Waals surface area contributed by atoms with E-state index in [0.29, 0.717) is 6.54 Å². The minimum absolute atomic E-state index is 0.121. The molecule has 0 bridgehead atoms. The van der Waals surface area contributed by atoms with E-state index in [1.807, 2.05) is 6.07 Å². The monoisotopic (exact) mass is 362 g/mol. The van der Waals surface area contributed by atoms with E-state index in [1.54, 1.807) is 18.5 Å². The zero-order chi connectivity index (χ0) is 18.6. The average Bonchev–Trinajstić information content (AvgIpc) is 2.69. The zero-order valence-electron chi connectivity index (χ0n) is 15.7. The topological polar surface area (TPSA) is 61.0 Å². The van der Waals surface area contributed by atoms with Gasteiger partial charge in [-0.1, -0.05) is 31.2 Å². The molecule has 27 heavy (non-hydrogen) atoms. The van der Waals surface area contributed by atoms with Gasteiger partial charge >= 0.3 is 0 Å². The van der Waals surface area contributed by atoms with E-state index in [0.717, 1.165) is 29.1 Å². The molecule has 2 aromatic heterocycles. The van der Waals surface area contributed by atoms with E-state index >= 15 is 0 Å². The lowest BCUT2D eigenvalue weighted by molar-refractivity contribution is 0.185. The van der Waals surface area contributed by atoms with Gasteiger partial charge in [-0.15, -0.1) is 0 Å². The van der Waals surface area contributed by atoms with E-state index in [1.165, 1.54) is 37.1 Å². The third kappa shape index (κ3) is 4.37. The van der Waals surface area contributed by atoms with Crippen molar-refractivity contribution in [2.24, 2.45) is 5.92 Å². The van der Waals surface area contributed by atoms with E-state index in [2.05, 4.69) is 51.4 Å². The number of anilines is 1. The summed E-state index contributed by atoms with van der Waals surface area (Å²) in [5.74, 6) is 0.867. The second kappa shape index (κ2) is 7.92. The third-order valence-electron chi connectivity index (χ3n) is 5.43. The number of piperidine rings is 1. The maximum absolute atomic E-state index is 11.8. The fourth-order valence-corrected chi connectivity index (χ4v) is 3.69. The molecular formula is C22H26N4O. The molecule has 0 spiro atoms. The number of aromatic nitrogens is 2. The number of fused-ring (bicyclic) bond motifs is 1. The maximum Gasteiger partial charge on any atom is 0.250 e. The van der Waals surface area contributed by atoms with Gasteiger partial charge in [0, 0.05) is 36.4 Å². The molecule has 1 aliphatic rings. The zero-order valence-corrected chi connectivity index (χ0v) is 15.7. The first-order valence-electron chi connectivity index (χ1n) is 9.68. The maximum atomic E-state index is 11.8.